The van der Waals surface area contributed by atoms with Gasteiger partial charge in [-0.25, -0.2) is 19.6 Å². The third-order valence-corrected chi connectivity index (χ3v) is 9.51. The fraction of sp³-hybridized carbons (Fsp3) is 0.500. The highest BCUT2D eigenvalue weighted by Crippen LogP contribution is 2.42. The van der Waals surface area contributed by atoms with Gasteiger partial charge in [0.1, 0.15) is 34.3 Å². The molecule has 0 aliphatic carbocycles. The number of H-pyrrole nitrogens is 2. The summed E-state index contributed by atoms with van der Waals surface area (Å²) in [6.45, 7) is 13.7. The van der Waals surface area contributed by atoms with Gasteiger partial charge in [-0.1, -0.05) is 12.1 Å². The Morgan fingerprint density at radius 1 is 0.673 bits per heavy atom. The molecule has 52 heavy (non-hydrogen) atoms. The number of imidazole rings is 2. The zero-order chi connectivity index (χ0) is 36.6. The molecule has 2 fully saturated rings. The maximum atomic E-state index is 12.9. The van der Waals surface area contributed by atoms with Gasteiger partial charge in [0.05, 0.1) is 49.1 Å². The van der Waals surface area contributed by atoms with Crippen LogP contribution >= 0.6 is 0 Å². The van der Waals surface area contributed by atoms with Crippen LogP contribution in [-0.4, -0.2) is 79.4 Å². The smallest absolute Gasteiger partial charge is 0.410 e. The number of nitrogens with zero attached hydrogens (tertiary/aromatic N) is 4. The predicted molar refractivity (Wildman–Crippen MR) is 197 cm³/mol. The van der Waals surface area contributed by atoms with Crippen molar-refractivity contribution in [2.24, 2.45) is 0 Å². The van der Waals surface area contributed by atoms with Crippen molar-refractivity contribution < 1.29 is 28.5 Å². The van der Waals surface area contributed by atoms with E-state index in [1.54, 1.807) is 9.80 Å². The molecule has 276 valence electrons. The van der Waals surface area contributed by atoms with E-state index in [4.69, 9.17) is 28.9 Å². The number of rotatable bonds is 4. The number of likely N-dealkylation sites (tertiary alicyclic amines) is 2. The molecule has 4 aromatic rings. The highest BCUT2D eigenvalue weighted by atomic mass is 16.6. The van der Waals surface area contributed by atoms with E-state index in [1.165, 1.54) is 0 Å². The Bertz CT molecular complexity index is 1780. The molecule has 2 atom stereocenters. The van der Waals surface area contributed by atoms with Crippen LogP contribution in [0.15, 0.2) is 48.8 Å². The summed E-state index contributed by atoms with van der Waals surface area (Å²) in [4.78, 5) is 45.8. The summed E-state index contributed by atoms with van der Waals surface area (Å²) in [6, 6.07) is 12.0. The molecule has 3 aliphatic heterocycles. The first-order chi connectivity index (χ1) is 24.8. The number of carbonyl (C=O) groups is 2. The Morgan fingerprint density at radius 2 is 1.10 bits per heavy atom. The zero-order valence-electron chi connectivity index (χ0n) is 31.1. The van der Waals surface area contributed by atoms with E-state index in [0.29, 0.717) is 26.3 Å². The lowest BCUT2D eigenvalue weighted by molar-refractivity contribution is 0.0208. The van der Waals surface area contributed by atoms with Crippen LogP contribution in [-0.2, 0) is 9.47 Å². The number of benzene rings is 2. The molecule has 12 nitrogen and oxygen atoms in total. The number of amides is 2. The van der Waals surface area contributed by atoms with Crippen molar-refractivity contribution in [2.75, 3.05) is 26.3 Å². The van der Waals surface area contributed by atoms with Gasteiger partial charge in [0.15, 0.2) is 0 Å². The molecule has 3 aliphatic rings. The molecular formula is C40H50N6O6. The molecular weight excluding hydrogens is 660 g/mol. The van der Waals surface area contributed by atoms with Gasteiger partial charge >= 0.3 is 12.2 Å². The lowest BCUT2D eigenvalue weighted by Crippen LogP contribution is -2.36. The number of carbonyl (C=O) groups excluding carboxylic acids is 2. The van der Waals surface area contributed by atoms with Gasteiger partial charge in [0.2, 0.25) is 0 Å². The van der Waals surface area contributed by atoms with Crippen molar-refractivity contribution in [1.29, 1.82) is 0 Å². The maximum Gasteiger partial charge on any atom is 0.410 e. The summed E-state index contributed by atoms with van der Waals surface area (Å²) >= 11 is 0. The van der Waals surface area contributed by atoms with E-state index in [9.17, 15) is 9.59 Å². The summed E-state index contributed by atoms with van der Waals surface area (Å²) in [5.74, 6) is 3.02. The van der Waals surface area contributed by atoms with E-state index in [-0.39, 0.29) is 24.3 Å². The van der Waals surface area contributed by atoms with Crippen molar-refractivity contribution in [3.8, 4) is 45.1 Å². The van der Waals surface area contributed by atoms with Crippen LogP contribution in [0.25, 0.3) is 33.6 Å². The molecule has 2 aromatic heterocycles. The van der Waals surface area contributed by atoms with Crippen LogP contribution < -0.4 is 9.47 Å². The highest BCUT2D eigenvalue weighted by Gasteiger charge is 2.36. The van der Waals surface area contributed by atoms with E-state index >= 15 is 0 Å². The summed E-state index contributed by atoms with van der Waals surface area (Å²) in [5.41, 5.74) is 4.32. The number of nitrogens with one attached hydrogen (secondary N) is 2. The van der Waals surface area contributed by atoms with Crippen LogP contribution in [0.2, 0.25) is 0 Å². The molecule has 2 saturated heterocycles. The first-order valence-electron chi connectivity index (χ1n) is 18.5. The molecule has 2 N–H and O–H groups in total. The third-order valence-electron chi connectivity index (χ3n) is 9.51. The second-order valence-electron chi connectivity index (χ2n) is 15.9. The lowest BCUT2D eigenvalue weighted by Gasteiger charge is -2.27. The van der Waals surface area contributed by atoms with Crippen LogP contribution in [0, 0.1) is 0 Å². The quantitative estimate of drug-likeness (QED) is 0.215. The van der Waals surface area contributed by atoms with Gasteiger partial charge in [-0.2, -0.15) is 0 Å². The van der Waals surface area contributed by atoms with Crippen molar-refractivity contribution >= 4 is 12.2 Å². The van der Waals surface area contributed by atoms with Crippen LogP contribution in [0.5, 0.6) is 11.5 Å². The molecule has 2 unspecified atom stereocenters. The topological polar surface area (TPSA) is 135 Å². The molecule has 5 heterocycles. The SMILES string of the molecule is CC(C)(C)OC(=O)N1CCCC1c1ncc(-c2ccc3c(c2)OCCCCOc2cc(-c4cnc(C5CCCN5C(=O)OC(C)(C)C)[nH]4)ccc2-3)[nH]1. The molecule has 0 bridgehead atoms. The fourth-order valence-electron chi connectivity index (χ4n) is 7.12. The van der Waals surface area contributed by atoms with E-state index in [2.05, 4.69) is 34.2 Å². The third kappa shape index (κ3) is 7.75. The summed E-state index contributed by atoms with van der Waals surface area (Å²) < 4.78 is 24.1. The molecule has 2 amide bonds. The molecule has 0 spiro atoms. The Balaban J connectivity index is 1.13. The van der Waals surface area contributed by atoms with Crippen LogP contribution in [0.4, 0.5) is 9.59 Å². The van der Waals surface area contributed by atoms with Gasteiger partial charge in [-0.15, -0.1) is 0 Å². The van der Waals surface area contributed by atoms with Crippen molar-refractivity contribution in [2.45, 2.75) is 103 Å². The van der Waals surface area contributed by atoms with Crippen molar-refractivity contribution in [3.63, 3.8) is 0 Å². The average Bonchev–Trinajstić information content (AvgIpc) is 3.91. The van der Waals surface area contributed by atoms with Gasteiger partial charge in [-0.05, 0) is 104 Å². The number of fused-ring (bicyclic) bond motifs is 3. The first-order valence-corrected chi connectivity index (χ1v) is 18.5. The predicted octanol–water partition coefficient (Wildman–Crippen LogP) is 8.83. The second-order valence-corrected chi connectivity index (χ2v) is 15.9. The van der Waals surface area contributed by atoms with E-state index in [1.807, 2.05) is 66.1 Å². The first kappa shape index (κ1) is 35.4. The molecule has 7 rings (SSSR count). The highest BCUT2D eigenvalue weighted by molar-refractivity contribution is 5.81. The minimum absolute atomic E-state index is 0.164. The van der Waals surface area contributed by atoms with Crippen molar-refractivity contribution in [3.05, 3.63) is 60.4 Å². The summed E-state index contributed by atoms with van der Waals surface area (Å²) in [7, 11) is 0. The lowest BCUT2D eigenvalue weighted by atomic mass is 9.98. The Morgan fingerprint density at radius 3 is 1.50 bits per heavy atom. The largest absolute Gasteiger partial charge is 0.493 e. The standard InChI is InChI=1S/C40H50N6O6/c1-39(2,3)51-37(47)45-17-9-11-31(45)35-41-23-29(43-35)25-13-15-27-28-16-14-26(22-34(28)50-20-8-7-19-49-33(27)21-25)30-24-42-36(44-30)32-12-10-18-46(32)38(48)52-40(4,5)6/h13-16,21-24,31-32H,7-12,17-20H2,1-6H3,(H,41,43)(H,42,44). The Kier molecular flexibility index (Phi) is 9.67. The number of hydrogen-bond donors (Lipinski definition) is 2. The minimum atomic E-state index is -0.562. The average molecular weight is 711 g/mol. The van der Waals surface area contributed by atoms with Crippen LogP contribution in [0.3, 0.4) is 0 Å². The molecule has 0 saturated carbocycles. The van der Waals surface area contributed by atoms with Gasteiger partial charge < -0.3 is 28.9 Å². The van der Waals surface area contributed by atoms with Crippen molar-refractivity contribution in [1.82, 2.24) is 29.7 Å². The molecule has 12 heteroatoms. The number of hydrogen-bond acceptors (Lipinski definition) is 8. The minimum Gasteiger partial charge on any atom is -0.493 e. The Hall–Kier alpha value is -5.00. The zero-order valence-corrected chi connectivity index (χ0v) is 31.1. The normalized spacial score (nSPS) is 19.3. The number of aromatic amines is 2. The van der Waals surface area contributed by atoms with E-state index in [0.717, 1.165) is 95.3 Å². The number of aromatic nitrogens is 4. The monoisotopic (exact) mass is 710 g/mol. The summed E-state index contributed by atoms with van der Waals surface area (Å²) in [5, 5.41) is 0. The Labute approximate surface area is 305 Å². The van der Waals surface area contributed by atoms with Gasteiger partial charge in [0, 0.05) is 35.3 Å². The fourth-order valence-corrected chi connectivity index (χ4v) is 7.12. The van der Waals surface area contributed by atoms with Crippen LogP contribution in [0.1, 0.15) is 104 Å². The second kappa shape index (κ2) is 14.2. The van der Waals surface area contributed by atoms with Gasteiger partial charge in [-0.3, -0.25) is 9.80 Å². The maximum absolute atomic E-state index is 12.9. The summed E-state index contributed by atoms with van der Waals surface area (Å²) in [6.07, 6.45) is 8.16. The molecule has 2 aromatic carbocycles. The van der Waals surface area contributed by atoms with Gasteiger partial charge in [0.25, 0.3) is 0 Å². The van der Waals surface area contributed by atoms with E-state index < -0.39 is 11.2 Å². The number of ether oxygens (including phenoxy) is 4. The molecule has 0 radical (unpaired) electrons.